The average Bonchev–Trinajstić information content (AvgIpc) is 3.97. The van der Waals surface area contributed by atoms with Gasteiger partial charge in [0.2, 0.25) is 0 Å². The molecule has 0 bridgehead atoms. The molecular weight excluding hydrogens is 678 g/mol. The van der Waals surface area contributed by atoms with Gasteiger partial charge in [0.1, 0.15) is 5.75 Å². The molecule has 7 rings (SSSR count). The number of hydrogen-bond donors (Lipinski definition) is 1. The van der Waals surface area contributed by atoms with Crippen molar-refractivity contribution in [1.29, 1.82) is 0 Å². The minimum absolute atomic E-state index is 0. The zero-order valence-corrected chi connectivity index (χ0v) is 30.2. The minimum atomic E-state index is 0. The zero-order valence-electron chi connectivity index (χ0n) is 29.1. The number of pyridine rings is 1. The molecule has 2 aliphatic carbocycles. The largest absolute Gasteiger partial charge is 2.00 e. The molecule has 4 aromatic rings. The number of benzene rings is 2. The van der Waals surface area contributed by atoms with Crippen LogP contribution in [0.25, 0.3) is 10.9 Å². The van der Waals surface area contributed by atoms with Crippen LogP contribution in [0.5, 0.6) is 5.75 Å². The number of aryl methyl sites for hydroxylation is 1. The van der Waals surface area contributed by atoms with Crippen LogP contribution < -0.4 is 15.4 Å². The number of nitrogen functional groups attached to an aromatic ring is 1. The molecule has 1 aliphatic heterocycles. The molecule has 264 valence electrons. The van der Waals surface area contributed by atoms with Gasteiger partial charge in [-0.15, -0.1) is 5.10 Å². The Morgan fingerprint density at radius 3 is 2.45 bits per heavy atom. The first-order chi connectivity index (χ1) is 24.6. The van der Waals surface area contributed by atoms with Crippen molar-refractivity contribution < 1.29 is 26.6 Å². The fourth-order valence-corrected chi connectivity index (χ4v) is 6.22. The summed E-state index contributed by atoms with van der Waals surface area (Å²) in [4.78, 5) is 21.7. The van der Waals surface area contributed by atoms with Crippen LogP contribution >= 0.6 is 0 Å². The predicted molar refractivity (Wildman–Crippen MR) is 202 cm³/mol. The third-order valence-corrected chi connectivity index (χ3v) is 9.00. The van der Waals surface area contributed by atoms with Gasteiger partial charge in [0, 0.05) is 74.0 Å². The topological polar surface area (TPSA) is 102 Å². The van der Waals surface area contributed by atoms with E-state index in [1.54, 1.807) is 6.08 Å². The molecule has 9 nitrogen and oxygen atoms in total. The van der Waals surface area contributed by atoms with Gasteiger partial charge in [-0.05, 0) is 92.3 Å². The van der Waals surface area contributed by atoms with Gasteiger partial charge in [-0.3, -0.25) is 19.4 Å². The van der Waals surface area contributed by atoms with Gasteiger partial charge >= 0.3 is 17.1 Å². The van der Waals surface area contributed by atoms with Crippen molar-refractivity contribution in [2.24, 2.45) is 0 Å². The molecule has 0 saturated carbocycles. The van der Waals surface area contributed by atoms with Crippen molar-refractivity contribution in [2.75, 3.05) is 43.4 Å². The molecule has 1 saturated heterocycles. The molecule has 10 heteroatoms. The second kappa shape index (κ2) is 19.6. The molecule has 0 atom stereocenters. The summed E-state index contributed by atoms with van der Waals surface area (Å²) < 4.78 is 7.86. The third-order valence-electron chi connectivity index (χ3n) is 9.00. The van der Waals surface area contributed by atoms with Crippen molar-refractivity contribution in [3.8, 4) is 5.75 Å². The molecule has 2 N–H and O–H groups in total. The summed E-state index contributed by atoms with van der Waals surface area (Å²) in [5.41, 5.74) is 11.6. The van der Waals surface area contributed by atoms with Crippen LogP contribution in [-0.4, -0.2) is 63.4 Å². The minimum Gasteiger partial charge on any atom is -0.494 e. The summed E-state index contributed by atoms with van der Waals surface area (Å²) in [6, 6.07) is 15.5. The summed E-state index contributed by atoms with van der Waals surface area (Å²) in [5, 5.41) is 9.94. The maximum atomic E-state index is 12.4. The standard InChI is InChI=1S/C36H41N7O2.C5H6.Fe/c37-30-12-15-33-34(25-30)38-18-17-35(33)42-22-20-41(21-23-42)26-31-27-43(40-39-31)19-5-1-2-6-24-45-32-13-10-29(11-14-32)36(44)16-9-28-7-3-4-8-28;1-2-4-5-3-1;/h3,7-18,25,27H,1-2,4-6,19-24,26,37H2;1-4H,5H2;/q;;+2/b16-9+;;. The Balaban J connectivity index is 0.000000774. The van der Waals surface area contributed by atoms with Crippen LogP contribution in [0.3, 0.4) is 0 Å². The summed E-state index contributed by atoms with van der Waals surface area (Å²) in [6.07, 6.45) is 28.3. The van der Waals surface area contributed by atoms with E-state index in [1.807, 2.05) is 59.4 Å². The summed E-state index contributed by atoms with van der Waals surface area (Å²) in [6.45, 7) is 6.23. The Morgan fingerprint density at radius 1 is 0.902 bits per heavy atom. The van der Waals surface area contributed by atoms with Gasteiger partial charge in [-0.2, -0.15) is 0 Å². The fraction of sp³-hybridized carbons (Fsp3) is 0.317. The number of nitrogens with zero attached hydrogens (tertiary/aromatic N) is 6. The van der Waals surface area contributed by atoms with Gasteiger partial charge in [0.05, 0.1) is 17.8 Å². The molecule has 2 aromatic heterocycles. The number of aromatic nitrogens is 4. The van der Waals surface area contributed by atoms with Gasteiger partial charge in [-0.25, -0.2) is 0 Å². The maximum Gasteiger partial charge on any atom is 2.00 e. The van der Waals surface area contributed by atoms with Gasteiger partial charge < -0.3 is 15.4 Å². The summed E-state index contributed by atoms with van der Waals surface area (Å²) in [7, 11) is 0. The number of allylic oxidation sites excluding steroid dienone is 10. The van der Waals surface area contributed by atoms with Crippen LogP contribution in [0, 0.1) is 0 Å². The second-order valence-electron chi connectivity index (χ2n) is 12.8. The first-order valence-corrected chi connectivity index (χ1v) is 17.7. The Labute approximate surface area is 311 Å². The molecule has 1 fully saturated rings. The van der Waals surface area contributed by atoms with E-state index in [4.69, 9.17) is 10.5 Å². The van der Waals surface area contributed by atoms with Crippen molar-refractivity contribution in [1.82, 2.24) is 24.9 Å². The second-order valence-corrected chi connectivity index (χ2v) is 12.8. The number of piperazine rings is 1. The smallest absolute Gasteiger partial charge is 0.494 e. The molecule has 0 radical (unpaired) electrons. The third kappa shape index (κ3) is 11.4. The number of rotatable bonds is 14. The summed E-state index contributed by atoms with van der Waals surface area (Å²) in [5.74, 6) is 0.799. The van der Waals surface area contributed by atoms with E-state index in [-0.39, 0.29) is 22.9 Å². The number of nitrogens with two attached hydrogens (primary N) is 1. The Hall–Kier alpha value is -4.76. The SMILES string of the molecule is C1=CCC=C1.Nc1ccc2c(N3CCN(Cc4cn(CCCCCCOc5ccc(C(=O)/C=C/C6=CCC=C6)cc5)nn4)CC3)ccnc2c1.[Fe+2]. The average molecular weight is 726 g/mol. The molecule has 3 heterocycles. The monoisotopic (exact) mass is 725 g/mol. The Bertz CT molecular complexity index is 1860. The van der Waals surface area contributed by atoms with Crippen LogP contribution in [0.1, 0.15) is 54.6 Å². The van der Waals surface area contributed by atoms with Crippen molar-refractivity contribution in [2.45, 2.75) is 51.6 Å². The van der Waals surface area contributed by atoms with Crippen LogP contribution in [0.2, 0.25) is 0 Å². The number of carbonyl (C=O) groups excluding carboxylic acids is 1. The normalized spacial score (nSPS) is 15.2. The number of unbranched alkanes of at least 4 members (excludes halogenated alkanes) is 3. The number of anilines is 2. The predicted octanol–water partition coefficient (Wildman–Crippen LogP) is 7.50. The molecule has 3 aliphatic rings. The fourth-order valence-electron chi connectivity index (χ4n) is 6.22. The molecule has 0 unspecified atom stereocenters. The van der Waals surface area contributed by atoms with Gasteiger partial charge in [0.25, 0.3) is 0 Å². The quantitative estimate of drug-likeness (QED) is 0.0469. The summed E-state index contributed by atoms with van der Waals surface area (Å²) >= 11 is 0. The number of carbonyl (C=O) groups is 1. The van der Waals surface area contributed by atoms with Gasteiger partial charge in [0.15, 0.2) is 5.78 Å². The van der Waals surface area contributed by atoms with Crippen molar-refractivity contribution in [3.05, 3.63) is 132 Å². The van der Waals surface area contributed by atoms with Crippen LogP contribution in [-0.2, 0) is 30.2 Å². The number of ether oxygens (including phenoxy) is 1. The molecular formula is C41H47FeN7O2+2. The first kappa shape index (κ1) is 37.5. The number of fused-ring (bicyclic) bond motifs is 1. The van der Waals surface area contributed by atoms with Crippen LogP contribution in [0.4, 0.5) is 11.4 Å². The van der Waals surface area contributed by atoms with E-state index in [2.05, 4.69) is 79.9 Å². The molecule has 51 heavy (non-hydrogen) atoms. The van der Waals surface area contributed by atoms with E-state index in [0.29, 0.717) is 12.2 Å². The van der Waals surface area contributed by atoms with Gasteiger partial charge in [-0.1, -0.05) is 60.2 Å². The molecule has 0 spiro atoms. The first-order valence-electron chi connectivity index (χ1n) is 17.7. The molecule has 2 aromatic carbocycles. The Kier molecular flexibility index (Phi) is 14.4. The van der Waals surface area contributed by atoms with Crippen molar-refractivity contribution in [3.63, 3.8) is 0 Å². The molecule has 0 amide bonds. The van der Waals surface area contributed by atoms with E-state index in [1.165, 1.54) is 5.69 Å². The van der Waals surface area contributed by atoms with E-state index < -0.39 is 0 Å². The Morgan fingerprint density at radius 2 is 1.71 bits per heavy atom. The zero-order chi connectivity index (χ0) is 34.4. The van der Waals surface area contributed by atoms with Crippen LogP contribution in [0.15, 0.2) is 121 Å². The number of ketones is 1. The van der Waals surface area contributed by atoms with E-state index in [0.717, 1.165) is 111 Å². The van der Waals surface area contributed by atoms with E-state index in [9.17, 15) is 4.79 Å². The maximum absolute atomic E-state index is 12.4. The van der Waals surface area contributed by atoms with Crippen molar-refractivity contribution >= 4 is 28.1 Å². The number of hydrogen-bond acceptors (Lipinski definition) is 8. The van der Waals surface area contributed by atoms with E-state index >= 15 is 0 Å².